The molecule has 0 aromatic carbocycles. The third-order valence-electron chi connectivity index (χ3n) is 3.12. The molecule has 24 heavy (non-hydrogen) atoms. The van der Waals surface area contributed by atoms with E-state index in [1.54, 1.807) is 30.3 Å². The van der Waals surface area contributed by atoms with Gasteiger partial charge in [-0.2, -0.15) is 0 Å². The summed E-state index contributed by atoms with van der Waals surface area (Å²) in [7, 11) is 3.46. The first-order valence-corrected chi connectivity index (χ1v) is 8.84. The number of hydrogen-bond acceptors (Lipinski definition) is 4. The number of thiazole rings is 1. The average Bonchev–Trinajstić information content (AvgIpc) is 2.94. The molecule has 0 aliphatic carbocycles. The normalized spacial score (nSPS) is 11.4. The zero-order valence-corrected chi connectivity index (χ0v) is 18.6. The molecule has 0 aliphatic heterocycles. The molecular weight excluding hydrogens is 437 g/mol. The smallest absolute Gasteiger partial charge is 0.243 e. The van der Waals surface area contributed by atoms with Crippen LogP contribution >= 0.6 is 35.3 Å². The van der Waals surface area contributed by atoms with E-state index in [0.717, 1.165) is 17.2 Å². The fourth-order valence-corrected chi connectivity index (χ4v) is 2.49. The van der Waals surface area contributed by atoms with E-state index in [1.165, 1.54) is 0 Å². The monoisotopic (exact) mass is 467 g/mol. The Labute approximate surface area is 166 Å². The average molecular weight is 467 g/mol. The Hall–Kier alpha value is -0.900. The lowest BCUT2D eigenvalue weighted by Gasteiger charge is -2.14. The standard InChI is InChI=1S/C16H29N5OS.HI/c1-11(2)7-17-16(19-9-15(22)21(5)6)18-8-14-20-13(10-23-14)12(3)4;/h10-12H,7-9H2,1-6H3,(H2,17,18,19);1H. The first-order chi connectivity index (χ1) is 10.8. The molecule has 0 unspecified atom stereocenters. The van der Waals surface area contributed by atoms with Gasteiger partial charge in [-0.1, -0.05) is 27.7 Å². The van der Waals surface area contributed by atoms with Crippen LogP contribution in [0, 0.1) is 5.92 Å². The van der Waals surface area contributed by atoms with Crippen molar-refractivity contribution in [2.75, 3.05) is 27.2 Å². The molecule has 0 radical (unpaired) electrons. The number of nitrogens with one attached hydrogen (secondary N) is 2. The van der Waals surface area contributed by atoms with Gasteiger partial charge in [0.15, 0.2) is 5.96 Å². The zero-order valence-electron chi connectivity index (χ0n) is 15.4. The molecule has 8 heteroatoms. The number of carbonyl (C=O) groups excluding carboxylic acids is 1. The largest absolute Gasteiger partial charge is 0.356 e. The lowest BCUT2D eigenvalue weighted by atomic mass is 10.2. The summed E-state index contributed by atoms with van der Waals surface area (Å²) < 4.78 is 0. The van der Waals surface area contributed by atoms with E-state index < -0.39 is 0 Å². The van der Waals surface area contributed by atoms with E-state index in [1.807, 2.05) is 0 Å². The predicted octanol–water partition coefficient (Wildman–Crippen LogP) is 2.66. The Bertz CT molecular complexity index is 528. The highest BCUT2D eigenvalue weighted by molar-refractivity contribution is 14.0. The number of likely N-dealkylation sites (N-methyl/N-ethyl adjacent to an activating group) is 1. The Kier molecular flexibility index (Phi) is 11.2. The maximum absolute atomic E-state index is 11.7. The molecule has 0 fully saturated rings. The number of aromatic nitrogens is 1. The van der Waals surface area contributed by atoms with Crippen LogP contribution in [-0.2, 0) is 11.3 Å². The number of carbonyl (C=O) groups is 1. The van der Waals surface area contributed by atoms with Gasteiger partial charge in [0, 0.05) is 26.0 Å². The van der Waals surface area contributed by atoms with Crippen LogP contribution in [0.1, 0.15) is 44.3 Å². The third kappa shape index (κ3) is 8.81. The van der Waals surface area contributed by atoms with Crippen LogP contribution in [0.25, 0.3) is 0 Å². The summed E-state index contributed by atoms with van der Waals surface area (Å²) in [5, 5.41) is 9.63. The SMILES string of the molecule is CC(C)CNC(=NCC(=O)N(C)C)NCc1nc(C(C)C)cs1.I. The second kappa shape index (κ2) is 11.6. The van der Waals surface area contributed by atoms with Gasteiger partial charge in [-0.05, 0) is 11.8 Å². The number of rotatable bonds is 7. The molecule has 2 N–H and O–H groups in total. The van der Waals surface area contributed by atoms with Gasteiger partial charge in [-0.25, -0.2) is 9.98 Å². The molecule has 0 saturated heterocycles. The van der Waals surface area contributed by atoms with Gasteiger partial charge in [-0.15, -0.1) is 35.3 Å². The van der Waals surface area contributed by atoms with Crippen molar-refractivity contribution >= 4 is 47.2 Å². The molecule has 0 spiro atoms. The number of aliphatic imine (C=N–C) groups is 1. The molecule has 1 aromatic rings. The van der Waals surface area contributed by atoms with Crippen molar-refractivity contribution in [3.8, 4) is 0 Å². The number of amides is 1. The highest BCUT2D eigenvalue weighted by atomic mass is 127. The van der Waals surface area contributed by atoms with E-state index >= 15 is 0 Å². The van der Waals surface area contributed by atoms with Crippen LogP contribution in [0.4, 0.5) is 0 Å². The Balaban J connectivity index is 0.00000529. The molecule has 1 amide bonds. The summed E-state index contributed by atoms with van der Waals surface area (Å²) in [6.45, 7) is 10.1. The van der Waals surface area contributed by atoms with Crippen molar-refractivity contribution in [1.82, 2.24) is 20.5 Å². The Morgan fingerprint density at radius 1 is 1.29 bits per heavy atom. The first-order valence-electron chi connectivity index (χ1n) is 7.96. The van der Waals surface area contributed by atoms with Crippen molar-refractivity contribution in [3.63, 3.8) is 0 Å². The summed E-state index contributed by atoms with van der Waals surface area (Å²) in [6.07, 6.45) is 0. The fraction of sp³-hybridized carbons (Fsp3) is 0.688. The van der Waals surface area contributed by atoms with Crippen LogP contribution < -0.4 is 10.6 Å². The van der Waals surface area contributed by atoms with Gasteiger partial charge >= 0.3 is 0 Å². The summed E-state index contributed by atoms with van der Waals surface area (Å²) in [5.74, 6) is 1.56. The number of guanidine groups is 1. The minimum absolute atomic E-state index is 0. The zero-order chi connectivity index (χ0) is 17.4. The highest BCUT2D eigenvalue weighted by Gasteiger charge is 2.08. The number of halogens is 1. The summed E-state index contributed by atoms with van der Waals surface area (Å²) in [4.78, 5) is 22.2. The van der Waals surface area contributed by atoms with Crippen LogP contribution in [0.5, 0.6) is 0 Å². The summed E-state index contributed by atoms with van der Waals surface area (Å²) in [6, 6.07) is 0. The van der Waals surface area contributed by atoms with E-state index in [9.17, 15) is 4.79 Å². The maximum Gasteiger partial charge on any atom is 0.243 e. The van der Waals surface area contributed by atoms with Crippen molar-refractivity contribution in [3.05, 3.63) is 16.1 Å². The molecule has 1 heterocycles. The van der Waals surface area contributed by atoms with Gasteiger partial charge in [-0.3, -0.25) is 4.79 Å². The molecule has 1 rings (SSSR count). The lowest BCUT2D eigenvalue weighted by Crippen LogP contribution is -2.39. The first kappa shape index (κ1) is 23.1. The van der Waals surface area contributed by atoms with Crippen molar-refractivity contribution in [2.24, 2.45) is 10.9 Å². The molecule has 6 nitrogen and oxygen atoms in total. The van der Waals surface area contributed by atoms with Gasteiger partial charge in [0.1, 0.15) is 11.6 Å². The minimum Gasteiger partial charge on any atom is -0.356 e. The molecule has 0 aliphatic rings. The number of nitrogens with zero attached hydrogens (tertiary/aromatic N) is 3. The lowest BCUT2D eigenvalue weighted by molar-refractivity contribution is -0.127. The van der Waals surface area contributed by atoms with Crippen molar-refractivity contribution in [2.45, 2.75) is 40.2 Å². The highest BCUT2D eigenvalue weighted by Crippen LogP contribution is 2.17. The van der Waals surface area contributed by atoms with E-state index in [4.69, 9.17) is 0 Å². The van der Waals surface area contributed by atoms with Crippen molar-refractivity contribution in [1.29, 1.82) is 0 Å². The van der Waals surface area contributed by atoms with Gasteiger partial charge in [0.25, 0.3) is 0 Å². The topological polar surface area (TPSA) is 69.6 Å². The molecule has 1 aromatic heterocycles. The second-order valence-electron chi connectivity index (χ2n) is 6.40. The van der Waals surface area contributed by atoms with Gasteiger partial charge in [0.05, 0.1) is 12.2 Å². The van der Waals surface area contributed by atoms with Gasteiger partial charge in [0.2, 0.25) is 5.91 Å². The molecule has 0 saturated carbocycles. The second-order valence-corrected chi connectivity index (χ2v) is 7.34. The Morgan fingerprint density at radius 2 is 1.96 bits per heavy atom. The van der Waals surface area contributed by atoms with Crippen LogP contribution in [0.2, 0.25) is 0 Å². The van der Waals surface area contributed by atoms with E-state index in [2.05, 4.69) is 53.7 Å². The molecular formula is C16H30IN5OS. The Morgan fingerprint density at radius 3 is 2.46 bits per heavy atom. The summed E-state index contributed by atoms with van der Waals surface area (Å²) >= 11 is 1.64. The summed E-state index contributed by atoms with van der Waals surface area (Å²) in [5.41, 5.74) is 1.11. The maximum atomic E-state index is 11.7. The van der Waals surface area contributed by atoms with Crippen molar-refractivity contribution < 1.29 is 4.79 Å². The van der Waals surface area contributed by atoms with E-state index in [-0.39, 0.29) is 36.4 Å². The molecule has 138 valence electrons. The molecule has 0 bridgehead atoms. The molecule has 0 atom stereocenters. The third-order valence-corrected chi connectivity index (χ3v) is 3.98. The predicted molar refractivity (Wildman–Crippen MR) is 112 cm³/mol. The van der Waals surface area contributed by atoms with Gasteiger partial charge < -0.3 is 15.5 Å². The van der Waals surface area contributed by atoms with Crippen LogP contribution in [-0.4, -0.2) is 48.9 Å². The van der Waals surface area contributed by atoms with Crippen LogP contribution in [0.3, 0.4) is 0 Å². The van der Waals surface area contributed by atoms with Crippen LogP contribution in [0.15, 0.2) is 10.4 Å². The fourth-order valence-electron chi connectivity index (χ4n) is 1.59. The quantitative estimate of drug-likeness (QED) is 0.368. The van der Waals surface area contributed by atoms with E-state index in [0.29, 0.717) is 24.3 Å². The minimum atomic E-state index is -0.0213. The number of hydrogen-bond donors (Lipinski definition) is 2.